The minimum Gasteiger partial charge on any atom is -0.469 e. The van der Waals surface area contributed by atoms with Crippen molar-refractivity contribution in [1.82, 2.24) is 4.98 Å². The maximum atomic E-state index is 13.1. The van der Waals surface area contributed by atoms with Crippen molar-refractivity contribution < 1.29 is 19.1 Å². The minimum atomic E-state index is -0.478. The van der Waals surface area contributed by atoms with Crippen LogP contribution in [-0.2, 0) is 14.3 Å². The largest absolute Gasteiger partial charge is 0.469 e. The molecule has 1 heterocycles. The van der Waals surface area contributed by atoms with Crippen LogP contribution in [-0.4, -0.2) is 37.2 Å². The van der Waals surface area contributed by atoms with Crippen molar-refractivity contribution in [2.75, 3.05) is 25.6 Å². The van der Waals surface area contributed by atoms with Gasteiger partial charge in [-0.05, 0) is 43.5 Å². The summed E-state index contributed by atoms with van der Waals surface area (Å²) in [6, 6.07) is 16.8. The lowest BCUT2D eigenvalue weighted by molar-refractivity contribution is -0.140. The number of rotatable bonds is 11. The molecule has 6 nitrogen and oxygen atoms in total. The number of carbonyl (C=O) groups excluding carboxylic acids is 2. The van der Waals surface area contributed by atoms with Crippen molar-refractivity contribution in [2.24, 2.45) is 0 Å². The first-order valence-electron chi connectivity index (χ1n) is 11.5. The molecule has 0 aliphatic carbocycles. The molecule has 0 aliphatic heterocycles. The first-order chi connectivity index (χ1) is 16.9. The van der Waals surface area contributed by atoms with Crippen molar-refractivity contribution in [3.63, 3.8) is 0 Å². The molecule has 184 valence electrons. The summed E-state index contributed by atoms with van der Waals surface area (Å²) in [6.45, 7) is 2.56. The summed E-state index contributed by atoms with van der Waals surface area (Å²) < 4.78 is 10.1. The third kappa shape index (κ3) is 7.20. The van der Waals surface area contributed by atoms with Gasteiger partial charge in [-0.25, -0.2) is 9.78 Å². The van der Waals surface area contributed by atoms with Crippen LogP contribution in [0.4, 0.5) is 5.82 Å². The normalized spacial score (nSPS) is 10.6. The molecule has 0 atom stereocenters. The molecule has 0 saturated heterocycles. The molecule has 35 heavy (non-hydrogen) atoms. The van der Waals surface area contributed by atoms with Crippen LogP contribution in [0.15, 0.2) is 54.6 Å². The average Bonchev–Trinajstić information content (AvgIpc) is 2.87. The molecule has 1 aromatic heterocycles. The summed E-state index contributed by atoms with van der Waals surface area (Å²) in [6.07, 6.45) is 2.73. The number of carbonyl (C=O) groups is 2. The first-order valence-corrected chi connectivity index (χ1v) is 12.2. The Labute approximate surface area is 215 Å². The topological polar surface area (TPSA) is 77.5 Å². The van der Waals surface area contributed by atoms with Crippen molar-refractivity contribution in [1.29, 1.82) is 0 Å². The van der Waals surface area contributed by atoms with E-state index in [0.29, 0.717) is 45.6 Å². The number of anilines is 1. The Morgan fingerprint density at radius 2 is 1.71 bits per heavy atom. The van der Waals surface area contributed by atoms with Gasteiger partial charge >= 0.3 is 11.9 Å². The van der Waals surface area contributed by atoms with Crippen molar-refractivity contribution >= 4 is 41.0 Å². The quantitative estimate of drug-likeness (QED) is 0.218. The number of esters is 2. The van der Waals surface area contributed by atoms with Crippen molar-refractivity contribution in [2.45, 2.75) is 32.6 Å². The van der Waals surface area contributed by atoms with E-state index >= 15 is 0 Å². The number of hydrogen-bond acceptors (Lipinski definition) is 6. The number of halogens is 2. The van der Waals surface area contributed by atoms with Gasteiger partial charge in [-0.1, -0.05) is 66.0 Å². The smallest absolute Gasteiger partial charge is 0.342 e. The second-order valence-corrected chi connectivity index (χ2v) is 8.62. The molecule has 0 aliphatic rings. The second-order valence-electron chi connectivity index (χ2n) is 7.81. The predicted molar refractivity (Wildman–Crippen MR) is 140 cm³/mol. The highest BCUT2D eigenvalue weighted by Crippen LogP contribution is 2.36. The van der Waals surface area contributed by atoms with Gasteiger partial charge in [0.2, 0.25) is 0 Å². The van der Waals surface area contributed by atoms with Crippen LogP contribution in [0.25, 0.3) is 22.4 Å². The number of methoxy groups -OCH3 is 1. The molecule has 0 unspecified atom stereocenters. The number of nitrogens with one attached hydrogen (secondary N) is 1. The fourth-order valence-electron chi connectivity index (χ4n) is 3.61. The van der Waals surface area contributed by atoms with Gasteiger partial charge in [-0.15, -0.1) is 0 Å². The lowest BCUT2D eigenvalue weighted by Crippen LogP contribution is -2.14. The van der Waals surface area contributed by atoms with E-state index in [9.17, 15) is 9.59 Å². The van der Waals surface area contributed by atoms with Gasteiger partial charge in [0.15, 0.2) is 0 Å². The van der Waals surface area contributed by atoms with Crippen LogP contribution < -0.4 is 5.32 Å². The fourth-order valence-corrected chi connectivity index (χ4v) is 3.91. The third-order valence-corrected chi connectivity index (χ3v) is 6.12. The number of nitrogens with zero attached hydrogens (tertiary/aromatic N) is 1. The molecule has 8 heteroatoms. The number of unbranched alkanes of at least 4 members (excludes halogenated alkanes) is 2. The summed E-state index contributed by atoms with van der Waals surface area (Å²) >= 11 is 12.4. The van der Waals surface area contributed by atoms with Crippen molar-refractivity contribution in [3.8, 4) is 22.4 Å². The van der Waals surface area contributed by atoms with Crippen LogP contribution in [0.5, 0.6) is 0 Å². The molecule has 3 rings (SSSR count). The molecule has 0 spiro atoms. The molecule has 0 radical (unpaired) electrons. The van der Waals surface area contributed by atoms with Gasteiger partial charge < -0.3 is 14.8 Å². The van der Waals surface area contributed by atoms with E-state index in [1.807, 2.05) is 42.5 Å². The van der Waals surface area contributed by atoms with Crippen LogP contribution in [0.3, 0.4) is 0 Å². The Balaban J connectivity index is 2.00. The van der Waals surface area contributed by atoms with E-state index in [0.717, 1.165) is 30.4 Å². The van der Waals surface area contributed by atoms with E-state index in [1.165, 1.54) is 7.11 Å². The highest BCUT2D eigenvalue weighted by molar-refractivity contribution is 6.42. The SMILES string of the molecule is CCOC(=O)c1c(-c2ccc(Cl)c(Cl)c2)cc(-c2ccccc2)nc1NCCCCCC(=O)OC. The maximum Gasteiger partial charge on any atom is 0.342 e. The second kappa shape index (κ2) is 13.1. The van der Waals surface area contributed by atoms with Gasteiger partial charge in [0.05, 0.1) is 29.5 Å². The zero-order valence-electron chi connectivity index (χ0n) is 19.8. The van der Waals surface area contributed by atoms with Crippen LogP contribution in [0, 0.1) is 0 Å². The molecular formula is C27H28Cl2N2O4. The monoisotopic (exact) mass is 514 g/mol. The Morgan fingerprint density at radius 3 is 2.40 bits per heavy atom. The molecule has 0 fully saturated rings. The van der Waals surface area contributed by atoms with Crippen LogP contribution >= 0.6 is 23.2 Å². The zero-order valence-corrected chi connectivity index (χ0v) is 21.3. The lowest BCUT2D eigenvalue weighted by Gasteiger charge is -2.17. The number of hydrogen-bond donors (Lipinski definition) is 1. The molecule has 0 saturated carbocycles. The van der Waals surface area contributed by atoms with Crippen molar-refractivity contribution in [3.05, 3.63) is 70.2 Å². The first kappa shape index (κ1) is 26.5. The van der Waals surface area contributed by atoms with E-state index in [2.05, 4.69) is 10.1 Å². The van der Waals surface area contributed by atoms with Gasteiger partial charge in [0.25, 0.3) is 0 Å². The highest BCUT2D eigenvalue weighted by Gasteiger charge is 2.23. The van der Waals surface area contributed by atoms with E-state index in [-0.39, 0.29) is 12.6 Å². The summed E-state index contributed by atoms with van der Waals surface area (Å²) in [4.78, 5) is 29.2. The van der Waals surface area contributed by atoms with E-state index in [4.69, 9.17) is 32.9 Å². The molecule has 0 amide bonds. The summed E-state index contributed by atoms with van der Waals surface area (Å²) in [5, 5.41) is 4.13. The maximum absolute atomic E-state index is 13.1. The van der Waals surface area contributed by atoms with E-state index < -0.39 is 5.97 Å². The fraction of sp³-hybridized carbons (Fsp3) is 0.296. The number of pyridine rings is 1. The Morgan fingerprint density at radius 1 is 0.943 bits per heavy atom. The minimum absolute atomic E-state index is 0.217. The highest BCUT2D eigenvalue weighted by atomic mass is 35.5. The van der Waals surface area contributed by atoms with Crippen LogP contribution in [0.1, 0.15) is 43.0 Å². The van der Waals surface area contributed by atoms with Gasteiger partial charge in [0.1, 0.15) is 11.4 Å². The molecule has 1 N–H and O–H groups in total. The third-order valence-electron chi connectivity index (χ3n) is 5.38. The molecular weight excluding hydrogens is 487 g/mol. The van der Waals surface area contributed by atoms with Gasteiger partial charge in [-0.2, -0.15) is 0 Å². The number of aromatic nitrogens is 1. The Kier molecular flexibility index (Phi) is 9.94. The standard InChI is InChI=1S/C27H28Cl2N2O4/c1-3-35-27(33)25-20(19-13-14-21(28)22(29)16-19)17-23(18-10-6-4-7-11-18)31-26(25)30-15-9-5-8-12-24(32)34-2/h4,6-7,10-11,13-14,16-17H,3,5,8-9,12,15H2,1-2H3,(H,30,31). The number of benzene rings is 2. The molecule has 0 bridgehead atoms. The Hall–Kier alpha value is -3.09. The lowest BCUT2D eigenvalue weighted by atomic mass is 9.97. The Bertz CT molecular complexity index is 1170. The summed E-state index contributed by atoms with van der Waals surface area (Å²) in [5.74, 6) is -0.265. The summed E-state index contributed by atoms with van der Waals surface area (Å²) in [7, 11) is 1.39. The summed E-state index contributed by atoms with van der Waals surface area (Å²) in [5.41, 5.74) is 3.31. The molecule has 3 aromatic rings. The van der Waals surface area contributed by atoms with Gasteiger partial charge in [-0.3, -0.25) is 4.79 Å². The van der Waals surface area contributed by atoms with Gasteiger partial charge in [0, 0.05) is 24.1 Å². The average molecular weight is 515 g/mol. The zero-order chi connectivity index (χ0) is 25.2. The van der Waals surface area contributed by atoms with E-state index in [1.54, 1.807) is 19.1 Å². The number of ether oxygens (including phenoxy) is 2. The van der Waals surface area contributed by atoms with Crippen LogP contribution in [0.2, 0.25) is 10.0 Å². The molecule has 2 aromatic carbocycles. The predicted octanol–water partition coefficient (Wildman–Crippen LogP) is 7.04.